The van der Waals surface area contributed by atoms with Crippen molar-refractivity contribution in [1.29, 1.82) is 0 Å². The second kappa shape index (κ2) is 9.03. The highest BCUT2D eigenvalue weighted by Gasteiger charge is 2.39. The van der Waals surface area contributed by atoms with E-state index >= 15 is 0 Å². The van der Waals surface area contributed by atoms with Crippen LogP contribution >= 0.6 is 11.6 Å². The lowest BCUT2D eigenvalue weighted by molar-refractivity contribution is -0.125. The Morgan fingerprint density at radius 1 is 1.32 bits per heavy atom. The van der Waals surface area contributed by atoms with Crippen LogP contribution in [-0.4, -0.2) is 52.1 Å². The van der Waals surface area contributed by atoms with E-state index in [1.54, 1.807) is 18.2 Å². The van der Waals surface area contributed by atoms with Gasteiger partial charge in [-0.3, -0.25) is 14.6 Å². The smallest absolute Gasteiger partial charge is 0.256 e. The van der Waals surface area contributed by atoms with Gasteiger partial charge in [0.25, 0.3) is 5.91 Å². The second-order valence-corrected chi connectivity index (χ2v) is 6.99. The van der Waals surface area contributed by atoms with E-state index in [4.69, 9.17) is 16.3 Å². The van der Waals surface area contributed by atoms with Gasteiger partial charge in [-0.1, -0.05) is 23.7 Å². The Labute approximate surface area is 168 Å². The van der Waals surface area contributed by atoms with Crippen molar-refractivity contribution in [3.05, 3.63) is 58.9 Å². The molecule has 2 amide bonds. The zero-order chi connectivity index (χ0) is 20.1. The summed E-state index contributed by atoms with van der Waals surface area (Å²) in [6, 6.07) is 7.98. The first-order chi connectivity index (χ1) is 13.5. The summed E-state index contributed by atoms with van der Waals surface area (Å²) >= 11 is 5.86. The first-order valence-corrected chi connectivity index (χ1v) is 9.44. The molecular formula is C20H22ClN3O4. The summed E-state index contributed by atoms with van der Waals surface area (Å²) in [5.74, 6) is -0.192. The number of aromatic nitrogens is 1. The number of halogens is 1. The third-order valence-corrected chi connectivity index (χ3v) is 4.75. The average molecular weight is 404 g/mol. The number of likely N-dealkylation sites (tertiary alicyclic amines) is 1. The molecule has 8 heteroatoms. The van der Waals surface area contributed by atoms with Gasteiger partial charge in [-0.15, -0.1) is 0 Å². The molecule has 2 atom stereocenters. The van der Waals surface area contributed by atoms with Crippen LogP contribution in [0.3, 0.4) is 0 Å². The fraction of sp³-hybridized carbons (Fsp3) is 0.350. The van der Waals surface area contributed by atoms with Crippen LogP contribution in [0.25, 0.3) is 0 Å². The van der Waals surface area contributed by atoms with Crippen LogP contribution < -0.4 is 10.1 Å². The molecule has 28 heavy (non-hydrogen) atoms. The molecule has 2 aromatic rings. The zero-order valence-corrected chi connectivity index (χ0v) is 16.2. The van der Waals surface area contributed by atoms with E-state index in [9.17, 15) is 14.7 Å². The number of hydrogen-bond donors (Lipinski definition) is 2. The number of rotatable bonds is 6. The normalized spacial score (nSPS) is 18.8. The Morgan fingerprint density at radius 3 is 2.79 bits per heavy atom. The van der Waals surface area contributed by atoms with E-state index in [-0.39, 0.29) is 24.8 Å². The molecule has 148 valence electrons. The van der Waals surface area contributed by atoms with Gasteiger partial charge in [0.05, 0.1) is 24.5 Å². The molecule has 0 aliphatic carbocycles. The lowest BCUT2D eigenvalue weighted by atomic mass is 10.1. The number of carbonyl (C=O) groups excluding carboxylic acids is 2. The Morgan fingerprint density at radius 2 is 2.07 bits per heavy atom. The number of carbonyl (C=O) groups is 2. The summed E-state index contributed by atoms with van der Waals surface area (Å²) in [6.45, 7) is 2.70. The number of aliphatic hydroxyl groups excluding tert-OH is 1. The van der Waals surface area contributed by atoms with Gasteiger partial charge in [-0.2, -0.15) is 0 Å². The van der Waals surface area contributed by atoms with Gasteiger partial charge in [0.1, 0.15) is 11.8 Å². The van der Waals surface area contributed by atoms with Crippen LogP contribution in [0.15, 0.2) is 42.7 Å². The fourth-order valence-corrected chi connectivity index (χ4v) is 3.27. The molecule has 3 rings (SSSR count). The second-order valence-electron chi connectivity index (χ2n) is 6.55. The van der Waals surface area contributed by atoms with Crippen LogP contribution in [-0.2, 0) is 11.3 Å². The first-order valence-electron chi connectivity index (χ1n) is 9.07. The Kier molecular flexibility index (Phi) is 6.49. The molecule has 0 spiro atoms. The van der Waals surface area contributed by atoms with Crippen LogP contribution in [0.4, 0.5) is 0 Å². The number of benzene rings is 1. The number of β-amino-alcohol motifs (C(OH)–C–C–N with tert-alkyl or cyclic N) is 1. The molecule has 0 bridgehead atoms. The number of amides is 2. The molecule has 2 heterocycles. The largest absolute Gasteiger partial charge is 0.492 e. The molecular weight excluding hydrogens is 382 g/mol. The summed E-state index contributed by atoms with van der Waals surface area (Å²) in [4.78, 5) is 31.0. The van der Waals surface area contributed by atoms with E-state index in [1.807, 2.05) is 19.1 Å². The predicted molar refractivity (Wildman–Crippen MR) is 104 cm³/mol. The summed E-state index contributed by atoms with van der Waals surface area (Å²) in [6.07, 6.45) is 2.39. The highest BCUT2D eigenvalue weighted by Crippen LogP contribution is 2.22. The van der Waals surface area contributed by atoms with Crippen LogP contribution in [0.1, 0.15) is 29.3 Å². The highest BCUT2D eigenvalue weighted by atomic mass is 35.5. The van der Waals surface area contributed by atoms with E-state index in [2.05, 4.69) is 10.3 Å². The van der Waals surface area contributed by atoms with Crippen LogP contribution in [0.2, 0.25) is 5.02 Å². The van der Waals surface area contributed by atoms with Crippen molar-refractivity contribution in [3.8, 4) is 5.75 Å². The topological polar surface area (TPSA) is 91.8 Å². The highest BCUT2D eigenvalue weighted by molar-refractivity contribution is 6.30. The Bertz CT molecular complexity index is 844. The van der Waals surface area contributed by atoms with Gasteiger partial charge in [0.15, 0.2) is 0 Å². The molecule has 1 aromatic heterocycles. The predicted octanol–water partition coefficient (Wildman–Crippen LogP) is 2.03. The zero-order valence-electron chi connectivity index (χ0n) is 15.5. The third-order valence-electron chi connectivity index (χ3n) is 4.49. The minimum atomic E-state index is -0.752. The molecule has 7 nitrogen and oxygen atoms in total. The average Bonchev–Trinajstić information content (AvgIpc) is 3.09. The molecule has 1 aromatic carbocycles. The molecule has 2 N–H and O–H groups in total. The van der Waals surface area contributed by atoms with E-state index < -0.39 is 12.1 Å². The van der Waals surface area contributed by atoms with Gasteiger partial charge in [0, 0.05) is 30.7 Å². The summed E-state index contributed by atoms with van der Waals surface area (Å²) in [7, 11) is 0. The van der Waals surface area contributed by atoms with Crippen molar-refractivity contribution in [1.82, 2.24) is 15.2 Å². The molecule has 0 radical (unpaired) electrons. The number of nitrogens with one attached hydrogen (secondary N) is 1. The maximum atomic E-state index is 12.9. The Hall–Kier alpha value is -2.64. The van der Waals surface area contributed by atoms with Crippen molar-refractivity contribution < 1.29 is 19.4 Å². The van der Waals surface area contributed by atoms with Crippen molar-refractivity contribution >= 4 is 23.4 Å². The van der Waals surface area contributed by atoms with Crippen molar-refractivity contribution in [2.75, 3.05) is 13.2 Å². The molecule has 1 aliphatic heterocycles. The monoisotopic (exact) mass is 403 g/mol. The molecule has 0 saturated carbocycles. The molecule has 2 unspecified atom stereocenters. The van der Waals surface area contributed by atoms with Gasteiger partial charge in [-0.25, -0.2) is 0 Å². The third kappa shape index (κ3) is 4.79. The SMILES string of the molecule is CCOc1cncc(C(=O)N2CC(O)CC2C(=O)NCc2ccc(Cl)cc2)c1. The van der Waals surface area contributed by atoms with Gasteiger partial charge in [0.2, 0.25) is 5.91 Å². The minimum absolute atomic E-state index is 0.0940. The first kappa shape index (κ1) is 20.1. The number of nitrogens with zero attached hydrogens (tertiary/aromatic N) is 2. The number of ether oxygens (including phenoxy) is 1. The van der Waals surface area contributed by atoms with E-state index in [0.29, 0.717) is 29.5 Å². The van der Waals surface area contributed by atoms with Crippen molar-refractivity contribution in [2.45, 2.75) is 32.0 Å². The fourth-order valence-electron chi connectivity index (χ4n) is 3.14. The van der Waals surface area contributed by atoms with Gasteiger partial charge < -0.3 is 20.1 Å². The minimum Gasteiger partial charge on any atom is -0.492 e. The standard InChI is InChI=1S/C20H22ClN3O4/c1-2-28-17-7-14(10-22-11-17)20(27)24-12-16(25)8-18(24)19(26)23-9-13-3-5-15(21)6-4-13/h3-7,10-11,16,18,25H,2,8-9,12H2,1H3,(H,23,26). The maximum absolute atomic E-state index is 12.9. The number of pyridine rings is 1. The summed E-state index contributed by atoms with van der Waals surface area (Å²) in [5.41, 5.74) is 1.21. The van der Waals surface area contributed by atoms with E-state index in [0.717, 1.165) is 5.56 Å². The molecule has 1 fully saturated rings. The Balaban J connectivity index is 1.69. The molecule has 1 saturated heterocycles. The maximum Gasteiger partial charge on any atom is 0.256 e. The number of hydrogen-bond acceptors (Lipinski definition) is 5. The van der Waals surface area contributed by atoms with Gasteiger partial charge >= 0.3 is 0 Å². The van der Waals surface area contributed by atoms with E-state index in [1.165, 1.54) is 17.3 Å². The molecule has 1 aliphatic rings. The number of aliphatic hydroxyl groups is 1. The van der Waals surface area contributed by atoms with Crippen LogP contribution in [0.5, 0.6) is 5.75 Å². The van der Waals surface area contributed by atoms with Crippen molar-refractivity contribution in [3.63, 3.8) is 0 Å². The van der Waals surface area contributed by atoms with Gasteiger partial charge in [-0.05, 0) is 30.7 Å². The quantitative estimate of drug-likeness (QED) is 0.770. The van der Waals surface area contributed by atoms with Crippen LogP contribution in [0, 0.1) is 0 Å². The summed E-state index contributed by atoms with van der Waals surface area (Å²) in [5, 5.41) is 13.5. The van der Waals surface area contributed by atoms with Crippen molar-refractivity contribution in [2.24, 2.45) is 0 Å². The lowest BCUT2D eigenvalue weighted by Crippen LogP contribution is -2.45. The summed E-state index contributed by atoms with van der Waals surface area (Å²) < 4.78 is 5.38. The lowest BCUT2D eigenvalue weighted by Gasteiger charge is -2.23.